The minimum Gasteiger partial charge on any atom is -0.251 e. The molecule has 1 rings (SSSR count). The molecule has 0 amide bonds. The smallest absolute Gasteiger partial charge is 0.251 e. The number of halogens is 3. The monoisotopic (exact) mass is 233 g/mol. The molecule has 4 heteroatoms. The van der Waals surface area contributed by atoms with Crippen LogP contribution in [0.1, 0.15) is 45.9 Å². The lowest BCUT2D eigenvalue weighted by atomic mass is 9.88. The molecule has 0 saturated heterocycles. The molecule has 1 aromatic heterocycles. The van der Waals surface area contributed by atoms with Crippen molar-refractivity contribution in [2.45, 2.75) is 46.2 Å². The minimum absolute atomic E-state index is 0.170. The van der Waals surface area contributed by atoms with Gasteiger partial charge < -0.3 is 0 Å². The lowest BCUT2D eigenvalue weighted by molar-refractivity contribution is -0.141. The van der Waals surface area contributed by atoms with Gasteiger partial charge in [0.15, 0.2) is 0 Å². The van der Waals surface area contributed by atoms with Gasteiger partial charge in [0, 0.05) is 6.20 Å². The Hall–Kier alpha value is -1.06. The van der Waals surface area contributed by atoms with Gasteiger partial charge in [-0.25, -0.2) is 0 Å². The van der Waals surface area contributed by atoms with Crippen molar-refractivity contribution in [1.29, 1.82) is 0 Å². The molecule has 0 radical (unpaired) electrons. The van der Waals surface area contributed by atoms with E-state index in [1.807, 2.05) is 34.6 Å². The van der Waals surface area contributed by atoms with Gasteiger partial charge in [-0.05, 0) is 17.0 Å². The van der Waals surface area contributed by atoms with Crippen molar-refractivity contribution in [2.75, 3.05) is 0 Å². The summed E-state index contributed by atoms with van der Waals surface area (Å²) in [6.07, 6.45) is -3.07. The van der Waals surface area contributed by atoms with Gasteiger partial charge >= 0.3 is 6.18 Å². The molecule has 0 spiro atoms. The first-order chi connectivity index (χ1) is 7.21. The third-order valence-corrected chi connectivity index (χ3v) is 1.92. The summed E-state index contributed by atoms with van der Waals surface area (Å²) in [5, 5.41) is 0. The Balaban J connectivity index is 0.00000106. The van der Waals surface area contributed by atoms with Crippen molar-refractivity contribution in [3.8, 4) is 0 Å². The SMILES string of the molecule is CC.CC(C)(C)c1ccc(C(F)(F)F)nc1. The molecule has 1 aromatic rings. The number of aromatic nitrogens is 1. The van der Waals surface area contributed by atoms with Crippen LogP contribution in [0.2, 0.25) is 0 Å². The zero-order chi connectivity index (χ0) is 13.0. The van der Waals surface area contributed by atoms with Gasteiger partial charge in [0.1, 0.15) is 5.69 Å². The average molecular weight is 233 g/mol. The highest BCUT2D eigenvalue weighted by molar-refractivity contribution is 5.22. The summed E-state index contributed by atoms with van der Waals surface area (Å²) in [7, 11) is 0. The van der Waals surface area contributed by atoms with Crippen molar-refractivity contribution in [3.63, 3.8) is 0 Å². The van der Waals surface area contributed by atoms with Gasteiger partial charge in [-0.3, -0.25) is 4.98 Å². The zero-order valence-electron chi connectivity index (χ0n) is 10.3. The largest absolute Gasteiger partial charge is 0.433 e. The van der Waals surface area contributed by atoms with Crippen LogP contribution in [0.5, 0.6) is 0 Å². The predicted molar refractivity (Wildman–Crippen MR) is 59.3 cm³/mol. The van der Waals surface area contributed by atoms with Crippen LogP contribution >= 0.6 is 0 Å². The van der Waals surface area contributed by atoms with Crippen LogP contribution in [-0.2, 0) is 11.6 Å². The number of hydrogen-bond acceptors (Lipinski definition) is 1. The summed E-state index contributed by atoms with van der Waals surface area (Å²) in [6, 6.07) is 2.48. The van der Waals surface area contributed by atoms with Gasteiger partial charge in [-0.1, -0.05) is 40.7 Å². The topological polar surface area (TPSA) is 12.9 Å². The van der Waals surface area contributed by atoms with Crippen molar-refractivity contribution >= 4 is 0 Å². The van der Waals surface area contributed by atoms with Crippen LogP contribution in [-0.4, -0.2) is 4.98 Å². The third-order valence-electron chi connectivity index (χ3n) is 1.92. The Morgan fingerprint density at radius 2 is 1.50 bits per heavy atom. The Kier molecular flexibility index (Phi) is 4.97. The molecule has 1 heterocycles. The van der Waals surface area contributed by atoms with E-state index in [1.54, 1.807) is 0 Å². The average Bonchev–Trinajstić information content (AvgIpc) is 2.18. The molecule has 0 aliphatic rings. The highest BCUT2D eigenvalue weighted by Gasteiger charge is 2.32. The minimum atomic E-state index is -4.35. The van der Waals surface area contributed by atoms with E-state index in [0.29, 0.717) is 0 Å². The summed E-state index contributed by atoms with van der Waals surface area (Å²) in [6.45, 7) is 9.78. The molecule has 1 nitrogen and oxygen atoms in total. The standard InChI is InChI=1S/C10H12F3N.C2H6/c1-9(2,3)7-4-5-8(14-6-7)10(11,12)13;1-2/h4-6H,1-3H3;1-2H3. The van der Waals surface area contributed by atoms with Gasteiger partial charge in [-0.2, -0.15) is 13.2 Å². The van der Waals surface area contributed by atoms with Crippen LogP contribution in [0.15, 0.2) is 18.3 Å². The van der Waals surface area contributed by atoms with E-state index < -0.39 is 11.9 Å². The Morgan fingerprint density at radius 1 is 1.00 bits per heavy atom. The second kappa shape index (κ2) is 5.32. The lowest BCUT2D eigenvalue weighted by Gasteiger charge is -2.18. The van der Waals surface area contributed by atoms with Crippen molar-refractivity contribution in [2.24, 2.45) is 0 Å². The number of hydrogen-bond donors (Lipinski definition) is 0. The van der Waals surface area contributed by atoms with Gasteiger partial charge in [0.2, 0.25) is 0 Å². The van der Waals surface area contributed by atoms with Crippen molar-refractivity contribution < 1.29 is 13.2 Å². The van der Waals surface area contributed by atoms with E-state index in [-0.39, 0.29) is 5.41 Å². The Morgan fingerprint density at radius 3 is 1.75 bits per heavy atom. The number of rotatable bonds is 0. The molecule has 0 bridgehead atoms. The Labute approximate surface area is 94.7 Å². The first-order valence-corrected chi connectivity index (χ1v) is 5.25. The molecular formula is C12H18F3N. The number of alkyl halides is 3. The van der Waals surface area contributed by atoms with E-state index in [9.17, 15) is 13.2 Å². The molecule has 92 valence electrons. The van der Waals surface area contributed by atoms with Gasteiger partial charge in [0.25, 0.3) is 0 Å². The van der Waals surface area contributed by atoms with Gasteiger partial charge in [-0.15, -0.1) is 0 Å². The second-order valence-electron chi connectivity index (χ2n) is 4.18. The summed E-state index contributed by atoms with van der Waals surface area (Å²) in [5.74, 6) is 0. The molecule has 0 aromatic carbocycles. The first-order valence-electron chi connectivity index (χ1n) is 5.25. The molecule has 0 aliphatic carbocycles. The Bertz CT molecular complexity index is 274. The molecule has 0 fully saturated rings. The maximum absolute atomic E-state index is 12.2. The van der Waals surface area contributed by atoms with E-state index in [0.717, 1.165) is 11.6 Å². The second-order valence-corrected chi connectivity index (χ2v) is 4.18. The summed E-state index contributed by atoms with van der Waals surface area (Å²) < 4.78 is 36.5. The summed E-state index contributed by atoms with van der Waals surface area (Å²) in [4.78, 5) is 3.39. The zero-order valence-corrected chi connectivity index (χ0v) is 10.3. The third kappa shape index (κ3) is 4.21. The van der Waals surface area contributed by atoms with Crippen LogP contribution in [0.3, 0.4) is 0 Å². The quantitative estimate of drug-likeness (QED) is 0.646. The molecule has 0 N–H and O–H groups in total. The van der Waals surface area contributed by atoms with Crippen molar-refractivity contribution in [3.05, 3.63) is 29.6 Å². The molecule has 0 atom stereocenters. The van der Waals surface area contributed by atoms with Crippen LogP contribution in [0.25, 0.3) is 0 Å². The first kappa shape index (κ1) is 14.9. The van der Waals surface area contributed by atoms with Crippen LogP contribution in [0.4, 0.5) is 13.2 Å². The predicted octanol–water partition coefficient (Wildman–Crippen LogP) is 4.42. The van der Waals surface area contributed by atoms with Crippen molar-refractivity contribution in [1.82, 2.24) is 4.98 Å². The molecule has 0 unspecified atom stereocenters. The summed E-state index contributed by atoms with van der Waals surface area (Å²) in [5.41, 5.74) is -0.215. The normalized spacial score (nSPS) is 11.8. The highest BCUT2D eigenvalue weighted by atomic mass is 19.4. The molecule has 0 saturated carbocycles. The van der Waals surface area contributed by atoms with Crippen LogP contribution < -0.4 is 0 Å². The van der Waals surface area contributed by atoms with E-state index in [1.165, 1.54) is 12.3 Å². The van der Waals surface area contributed by atoms with Gasteiger partial charge in [0.05, 0.1) is 0 Å². The fourth-order valence-electron chi connectivity index (χ4n) is 1.01. The maximum Gasteiger partial charge on any atom is 0.433 e. The van der Waals surface area contributed by atoms with E-state index >= 15 is 0 Å². The molecule has 0 aliphatic heterocycles. The molecule has 16 heavy (non-hydrogen) atoms. The lowest BCUT2D eigenvalue weighted by Crippen LogP contribution is -2.14. The number of pyridine rings is 1. The summed E-state index contributed by atoms with van der Waals surface area (Å²) >= 11 is 0. The van der Waals surface area contributed by atoms with E-state index in [2.05, 4.69) is 4.98 Å². The maximum atomic E-state index is 12.2. The van der Waals surface area contributed by atoms with E-state index in [4.69, 9.17) is 0 Å². The highest BCUT2D eigenvalue weighted by Crippen LogP contribution is 2.29. The van der Waals surface area contributed by atoms with Crippen LogP contribution in [0, 0.1) is 0 Å². The molecular weight excluding hydrogens is 215 g/mol. The fraction of sp³-hybridized carbons (Fsp3) is 0.583. The number of nitrogens with zero attached hydrogens (tertiary/aromatic N) is 1. The fourth-order valence-corrected chi connectivity index (χ4v) is 1.01.